The van der Waals surface area contributed by atoms with E-state index < -0.39 is 6.10 Å². The van der Waals surface area contributed by atoms with Gasteiger partial charge in [-0.3, -0.25) is 0 Å². The predicted molar refractivity (Wildman–Crippen MR) is 78.9 cm³/mol. The molecular weight excluding hydrogens is 234 g/mol. The summed E-state index contributed by atoms with van der Waals surface area (Å²) in [6, 6.07) is 21.5. The van der Waals surface area contributed by atoms with Crippen LogP contribution in [0.1, 0.15) is 17.2 Å². The second-order valence-electron chi connectivity index (χ2n) is 4.64. The van der Waals surface area contributed by atoms with Crippen molar-refractivity contribution in [2.45, 2.75) is 6.10 Å². The molecule has 0 fully saturated rings. The minimum Gasteiger partial charge on any atom is -0.398 e. The molecule has 0 saturated heterocycles. The van der Waals surface area contributed by atoms with Crippen molar-refractivity contribution in [3.8, 4) is 0 Å². The molecule has 1 atom stereocenters. The first-order valence-electron chi connectivity index (χ1n) is 6.27. The third kappa shape index (κ3) is 2.18. The van der Waals surface area contributed by atoms with Crippen LogP contribution in [0.5, 0.6) is 0 Å². The van der Waals surface area contributed by atoms with Gasteiger partial charge in [0, 0.05) is 11.3 Å². The second kappa shape index (κ2) is 4.75. The molecule has 0 saturated carbocycles. The Balaban J connectivity index is 2.07. The van der Waals surface area contributed by atoms with Crippen LogP contribution < -0.4 is 5.73 Å². The Kier molecular flexibility index (Phi) is 2.94. The SMILES string of the molecule is Nc1ccccc1C(O)c1ccc2ccccc2c1. The molecule has 19 heavy (non-hydrogen) atoms. The first-order chi connectivity index (χ1) is 9.25. The topological polar surface area (TPSA) is 46.2 Å². The molecule has 3 aromatic rings. The van der Waals surface area contributed by atoms with Crippen LogP contribution in [-0.4, -0.2) is 5.11 Å². The highest BCUT2D eigenvalue weighted by molar-refractivity contribution is 5.83. The summed E-state index contributed by atoms with van der Waals surface area (Å²) in [5.74, 6) is 0. The van der Waals surface area contributed by atoms with E-state index >= 15 is 0 Å². The summed E-state index contributed by atoms with van der Waals surface area (Å²) in [5, 5.41) is 12.7. The molecule has 2 heteroatoms. The number of aliphatic hydroxyl groups excluding tert-OH is 1. The summed E-state index contributed by atoms with van der Waals surface area (Å²) in [6.45, 7) is 0. The standard InChI is InChI=1S/C17H15NO/c18-16-8-4-3-7-15(16)17(19)14-10-9-12-5-1-2-6-13(12)11-14/h1-11,17,19H,18H2. The van der Waals surface area contributed by atoms with Gasteiger partial charge in [0.2, 0.25) is 0 Å². The molecule has 1 unspecified atom stereocenters. The Hall–Kier alpha value is -2.32. The highest BCUT2D eigenvalue weighted by Gasteiger charge is 2.13. The van der Waals surface area contributed by atoms with Crippen LogP contribution in [0.4, 0.5) is 5.69 Å². The Morgan fingerprint density at radius 3 is 2.26 bits per heavy atom. The second-order valence-corrected chi connectivity index (χ2v) is 4.64. The first kappa shape index (κ1) is 11.8. The van der Waals surface area contributed by atoms with Crippen LogP contribution in [0.3, 0.4) is 0 Å². The molecular formula is C17H15NO. The minimum atomic E-state index is -0.689. The summed E-state index contributed by atoms with van der Waals surface area (Å²) >= 11 is 0. The zero-order valence-electron chi connectivity index (χ0n) is 10.5. The molecule has 94 valence electrons. The lowest BCUT2D eigenvalue weighted by molar-refractivity contribution is 0.221. The smallest absolute Gasteiger partial charge is 0.106 e. The number of fused-ring (bicyclic) bond motifs is 1. The third-order valence-corrected chi connectivity index (χ3v) is 3.38. The van der Waals surface area contributed by atoms with Gasteiger partial charge in [0.25, 0.3) is 0 Å². The van der Waals surface area contributed by atoms with Gasteiger partial charge in [0.1, 0.15) is 6.10 Å². The van der Waals surface area contributed by atoms with Gasteiger partial charge in [-0.05, 0) is 28.5 Å². The molecule has 3 rings (SSSR count). The fourth-order valence-corrected chi connectivity index (χ4v) is 2.32. The number of hydrogen-bond acceptors (Lipinski definition) is 2. The zero-order chi connectivity index (χ0) is 13.2. The van der Waals surface area contributed by atoms with Gasteiger partial charge in [0.15, 0.2) is 0 Å². The van der Waals surface area contributed by atoms with Crippen molar-refractivity contribution in [2.24, 2.45) is 0 Å². The Morgan fingerprint density at radius 2 is 1.47 bits per heavy atom. The van der Waals surface area contributed by atoms with E-state index in [1.807, 2.05) is 54.6 Å². The maximum Gasteiger partial charge on any atom is 0.106 e. The number of aliphatic hydroxyl groups is 1. The van der Waals surface area contributed by atoms with E-state index in [1.165, 1.54) is 5.39 Å². The molecule has 0 amide bonds. The number of anilines is 1. The van der Waals surface area contributed by atoms with Gasteiger partial charge < -0.3 is 10.8 Å². The van der Waals surface area contributed by atoms with E-state index in [2.05, 4.69) is 6.07 Å². The van der Waals surface area contributed by atoms with E-state index in [9.17, 15) is 5.11 Å². The van der Waals surface area contributed by atoms with Crippen molar-refractivity contribution in [2.75, 3.05) is 5.73 Å². The minimum absolute atomic E-state index is 0.614. The third-order valence-electron chi connectivity index (χ3n) is 3.38. The number of hydrogen-bond donors (Lipinski definition) is 2. The monoisotopic (exact) mass is 249 g/mol. The van der Waals surface area contributed by atoms with Crippen LogP contribution in [0.25, 0.3) is 10.8 Å². The van der Waals surface area contributed by atoms with Crippen molar-refractivity contribution < 1.29 is 5.11 Å². The quantitative estimate of drug-likeness (QED) is 0.683. The van der Waals surface area contributed by atoms with Crippen LogP contribution in [-0.2, 0) is 0 Å². The van der Waals surface area contributed by atoms with Crippen LogP contribution in [0.2, 0.25) is 0 Å². The molecule has 2 nitrogen and oxygen atoms in total. The molecule has 0 radical (unpaired) electrons. The van der Waals surface area contributed by atoms with Crippen LogP contribution in [0, 0.1) is 0 Å². The molecule has 3 N–H and O–H groups in total. The normalized spacial score (nSPS) is 12.5. The lowest BCUT2D eigenvalue weighted by atomic mass is 9.97. The summed E-state index contributed by atoms with van der Waals surface area (Å²) in [4.78, 5) is 0. The zero-order valence-corrected chi connectivity index (χ0v) is 10.5. The Bertz CT molecular complexity index is 721. The average molecular weight is 249 g/mol. The fourth-order valence-electron chi connectivity index (χ4n) is 2.32. The number of benzene rings is 3. The van der Waals surface area contributed by atoms with Crippen molar-refractivity contribution in [1.29, 1.82) is 0 Å². The molecule has 0 aliphatic carbocycles. The van der Waals surface area contributed by atoms with Crippen molar-refractivity contribution in [1.82, 2.24) is 0 Å². The number of nitrogen functional groups attached to an aromatic ring is 1. The maximum atomic E-state index is 10.5. The number of rotatable bonds is 2. The molecule has 0 aliphatic rings. The highest BCUT2D eigenvalue weighted by Crippen LogP contribution is 2.28. The van der Waals surface area contributed by atoms with Crippen LogP contribution in [0.15, 0.2) is 66.7 Å². The van der Waals surface area contributed by atoms with Gasteiger partial charge in [-0.25, -0.2) is 0 Å². The van der Waals surface area contributed by atoms with Crippen molar-refractivity contribution in [3.63, 3.8) is 0 Å². The van der Waals surface area contributed by atoms with E-state index in [0.717, 1.165) is 16.5 Å². The van der Waals surface area contributed by atoms with Gasteiger partial charge in [0.05, 0.1) is 0 Å². The van der Waals surface area contributed by atoms with E-state index in [0.29, 0.717) is 5.69 Å². The molecule has 3 aromatic carbocycles. The fraction of sp³-hybridized carbons (Fsp3) is 0.0588. The van der Waals surface area contributed by atoms with Crippen molar-refractivity contribution >= 4 is 16.5 Å². The van der Waals surface area contributed by atoms with E-state index in [-0.39, 0.29) is 0 Å². The molecule has 0 bridgehead atoms. The van der Waals surface area contributed by atoms with Gasteiger partial charge in [-0.2, -0.15) is 0 Å². The molecule has 0 heterocycles. The molecule has 0 aromatic heterocycles. The number of para-hydroxylation sites is 1. The van der Waals surface area contributed by atoms with E-state index in [4.69, 9.17) is 5.73 Å². The van der Waals surface area contributed by atoms with Gasteiger partial charge >= 0.3 is 0 Å². The molecule has 0 aliphatic heterocycles. The predicted octanol–water partition coefficient (Wildman–Crippen LogP) is 3.50. The lowest BCUT2D eigenvalue weighted by Crippen LogP contribution is -2.03. The molecule has 0 spiro atoms. The Morgan fingerprint density at radius 1 is 0.789 bits per heavy atom. The van der Waals surface area contributed by atoms with E-state index in [1.54, 1.807) is 6.07 Å². The van der Waals surface area contributed by atoms with Crippen LogP contribution >= 0.6 is 0 Å². The number of nitrogens with two attached hydrogens (primary N) is 1. The Labute approximate surface area is 112 Å². The lowest BCUT2D eigenvalue weighted by Gasteiger charge is -2.14. The largest absolute Gasteiger partial charge is 0.398 e. The summed E-state index contributed by atoms with van der Waals surface area (Å²) in [5.41, 5.74) is 8.13. The first-order valence-corrected chi connectivity index (χ1v) is 6.27. The summed E-state index contributed by atoms with van der Waals surface area (Å²) in [7, 11) is 0. The highest BCUT2D eigenvalue weighted by atomic mass is 16.3. The summed E-state index contributed by atoms with van der Waals surface area (Å²) < 4.78 is 0. The van der Waals surface area contributed by atoms with Crippen molar-refractivity contribution in [3.05, 3.63) is 77.9 Å². The van der Waals surface area contributed by atoms with Gasteiger partial charge in [-0.15, -0.1) is 0 Å². The van der Waals surface area contributed by atoms with Gasteiger partial charge in [-0.1, -0.05) is 54.6 Å². The summed E-state index contributed by atoms with van der Waals surface area (Å²) in [6.07, 6.45) is -0.689. The maximum absolute atomic E-state index is 10.5. The average Bonchev–Trinajstić information content (AvgIpc) is 2.46.